The Bertz CT molecular complexity index is 799. The van der Waals surface area contributed by atoms with Gasteiger partial charge in [0.15, 0.2) is 11.5 Å². The molecule has 0 spiro atoms. The molecule has 0 fully saturated rings. The number of aromatic nitrogens is 3. The van der Waals surface area contributed by atoms with Crippen LogP contribution >= 0.6 is 0 Å². The molecule has 7 nitrogen and oxygen atoms in total. The highest BCUT2D eigenvalue weighted by molar-refractivity contribution is 5.55. The van der Waals surface area contributed by atoms with E-state index in [0.717, 1.165) is 0 Å². The van der Waals surface area contributed by atoms with Gasteiger partial charge in [-0.3, -0.25) is 4.40 Å². The number of hydrogen-bond acceptors (Lipinski definition) is 6. The Morgan fingerprint density at radius 1 is 1.25 bits per heavy atom. The molecule has 0 saturated carbocycles. The van der Waals surface area contributed by atoms with Crippen molar-refractivity contribution < 1.29 is 14.2 Å². The van der Waals surface area contributed by atoms with Crippen molar-refractivity contribution in [1.82, 2.24) is 14.4 Å². The molecule has 2 aromatic heterocycles. The van der Waals surface area contributed by atoms with Crippen LogP contribution in [-0.4, -0.2) is 21.2 Å². The summed E-state index contributed by atoms with van der Waals surface area (Å²) in [6.45, 7) is 0.222. The Morgan fingerprint density at radius 2 is 2.15 bits per heavy atom. The van der Waals surface area contributed by atoms with Gasteiger partial charge < -0.3 is 19.9 Å². The summed E-state index contributed by atoms with van der Waals surface area (Å²) in [6, 6.07) is 5.30. The maximum absolute atomic E-state index is 5.75. The topological polar surface area (TPSA) is 83.9 Å². The van der Waals surface area contributed by atoms with Crippen LogP contribution in [0.5, 0.6) is 23.1 Å². The van der Waals surface area contributed by atoms with Crippen molar-refractivity contribution in [2.75, 3.05) is 12.5 Å². The van der Waals surface area contributed by atoms with Crippen molar-refractivity contribution in [2.24, 2.45) is 0 Å². The number of hydrogen-bond donors (Lipinski definition) is 1. The minimum atomic E-state index is 0.222. The SMILES string of the molecule is Nc1cn2ccnc2c(Oc2ccc3c(c2)OCO3)n1. The first-order valence-corrected chi connectivity index (χ1v) is 5.96. The lowest BCUT2D eigenvalue weighted by Gasteiger charge is -2.07. The quantitative estimate of drug-likeness (QED) is 0.764. The summed E-state index contributed by atoms with van der Waals surface area (Å²) in [7, 11) is 0. The molecule has 1 aliphatic rings. The van der Waals surface area contributed by atoms with Crippen molar-refractivity contribution in [3.63, 3.8) is 0 Å². The van der Waals surface area contributed by atoms with E-state index in [1.807, 2.05) is 0 Å². The van der Waals surface area contributed by atoms with Gasteiger partial charge in [0.25, 0.3) is 5.88 Å². The van der Waals surface area contributed by atoms with Gasteiger partial charge in [0.2, 0.25) is 12.4 Å². The van der Waals surface area contributed by atoms with Gasteiger partial charge in [-0.1, -0.05) is 0 Å². The molecule has 0 radical (unpaired) electrons. The van der Waals surface area contributed by atoms with Gasteiger partial charge >= 0.3 is 0 Å². The second kappa shape index (κ2) is 4.02. The summed E-state index contributed by atoms with van der Waals surface area (Å²) in [5, 5.41) is 0. The molecule has 0 bridgehead atoms. The number of imidazole rings is 1. The molecule has 4 rings (SSSR count). The van der Waals surface area contributed by atoms with Crippen LogP contribution in [0.2, 0.25) is 0 Å². The van der Waals surface area contributed by atoms with Crippen LogP contribution in [0.3, 0.4) is 0 Å². The summed E-state index contributed by atoms with van der Waals surface area (Å²) in [5.74, 6) is 2.62. The summed E-state index contributed by atoms with van der Waals surface area (Å²) >= 11 is 0. The fourth-order valence-electron chi connectivity index (χ4n) is 2.04. The molecule has 0 atom stereocenters. The minimum absolute atomic E-state index is 0.222. The largest absolute Gasteiger partial charge is 0.454 e. The predicted molar refractivity (Wildman–Crippen MR) is 70.0 cm³/mol. The maximum Gasteiger partial charge on any atom is 0.265 e. The summed E-state index contributed by atoms with van der Waals surface area (Å²) in [5.41, 5.74) is 6.34. The second-order valence-electron chi connectivity index (χ2n) is 4.25. The second-order valence-corrected chi connectivity index (χ2v) is 4.25. The average molecular weight is 270 g/mol. The van der Waals surface area contributed by atoms with Gasteiger partial charge in [0.05, 0.1) is 6.20 Å². The van der Waals surface area contributed by atoms with E-state index >= 15 is 0 Å². The normalized spacial score (nSPS) is 12.8. The van der Waals surface area contributed by atoms with Crippen molar-refractivity contribution in [3.8, 4) is 23.1 Å². The van der Waals surface area contributed by atoms with Gasteiger partial charge in [-0.2, -0.15) is 4.98 Å². The lowest BCUT2D eigenvalue weighted by molar-refractivity contribution is 0.174. The fourth-order valence-corrected chi connectivity index (χ4v) is 2.04. The molecule has 3 heterocycles. The molecular weight excluding hydrogens is 260 g/mol. The van der Waals surface area contributed by atoms with E-state index < -0.39 is 0 Å². The molecule has 1 aliphatic heterocycles. The first-order chi connectivity index (χ1) is 9.79. The molecule has 7 heteroatoms. The van der Waals surface area contributed by atoms with Gasteiger partial charge in [-0.05, 0) is 12.1 Å². The average Bonchev–Trinajstić information content (AvgIpc) is 3.05. The van der Waals surface area contributed by atoms with E-state index in [-0.39, 0.29) is 6.79 Å². The first kappa shape index (κ1) is 10.9. The lowest BCUT2D eigenvalue weighted by atomic mass is 10.3. The summed E-state index contributed by atoms with van der Waals surface area (Å²) < 4.78 is 18.1. The molecule has 1 aromatic carbocycles. The molecule has 0 saturated heterocycles. The summed E-state index contributed by atoms with van der Waals surface area (Å²) in [6.07, 6.45) is 5.11. The van der Waals surface area contributed by atoms with Gasteiger partial charge in [-0.15, -0.1) is 0 Å². The number of ether oxygens (including phenoxy) is 3. The number of nitrogen functional groups attached to an aromatic ring is 1. The van der Waals surface area contributed by atoms with Crippen LogP contribution in [0.4, 0.5) is 5.82 Å². The maximum atomic E-state index is 5.75. The molecule has 0 amide bonds. The van der Waals surface area contributed by atoms with Crippen LogP contribution < -0.4 is 19.9 Å². The number of benzene rings is 1. The summed E-state index contributed by atoms with van der Waals surface area (Å²) in [4.78, 5) is 8.35. The zero-order valence-electron chi connectivity index (χ0n) is 10.3. The van der Waals surface area contributed by atoms with Crippen molar-refractivity contribution in [2.45, 2.75) is 0 Å². The van der Waals surface area contributed by atoms with Crippen LogP contribution in [-0.2, 0) is 0 Å². The third-order valence-corrected chi connectivity index (χ3v) is 2.92. The fraction of sp³-hybridized carbons (Fsp3) is 0.0769. The Balaban J connectivity index is 1.75. The van der Waals surface area contributed by atoms with Crippen molar-refractivity contribution in [3.05, 3.63) is 36.8 Å². The minimum Gasteiger partial charge on any atom is -0.454 e. The first-order valence-electron chi connectivity index (χ1n) is 5.96. The van der Waals surface area contributed by atoms with E-state index in [1.165, 1.54) is 0 Å². The Morgan fingerprint density at radius 3 is 3.10 bits per heavy atom. The highest BCUT2D eigenvalue weighted by Crippen LogP contribution is 2.36. The standard InChI is InChI=1S/C13H10N4O3/c14-11-6-17-4-3-15-12(17)13(16-11)20-8-1-2-9-10(5-8)19-7-18-9/h1-6H,7,14H2. The van der Waals surface area contributed by atoms with Gasteiger partial charge in [0.1, 0.15) is 11.6 Å². The zero-order valence-corrected chi connectivity index (χ0v) is 10.3. The number of fused-ring (bicyclic) bond motifs is 2. The molecule has 3 aromatic rings. The molecule has 2 N–H and O–H groups in total. The number of anilines is 1. The zero-order chi connectivity index (χ0) is 13.5. The highest BCUT2D eigenvalue weighted by atomic mass is 16.7. The van der Waals surface area contributed by atoms with Crippen LogP contribution in [0.15, 0.2) is 36.8 Å². The van der Waals surface area contributed by atoms with E-state index in [1.54, 1.807) is 41.2 Å². The van der Waals surface area contributed by atoms with Crippen LogP contribution in [0.1, 0.15) is 0 Å². The molecule has 0 aliphatic carbocycles. The Hall–Kier alpha value is -2.96. The van der Waals surface area contributed by atoms with Gasteiger partial charge in [-0.25, -0.2) is 4.98 Å². The van der Waals surface area contributed by atoms with Crippen molar-refractivity contribution in [1.29, 1.82) is 0 Å². The smallest absolute Gasteiger partial charge is 0.265 e. The third-order valence-electron chi connectivity index (χ3n) is 2.92. The molecule has 0 unspecified atom stereocenters. The van der Waals surface area contributed by atoms with Crippen LogP contribution in [0.25, 0.3) is 5.65 Å². The predicted octanol–water partition coefficient (Wildman–Crippen LogP) is 1.83. The lowest BCUT2D eigenvalue weighted by Crippen LogP contribution is -1.98. The van der Waals surface area contributed by atoms with Crippen LogP contribution in [0, 0.1) is 0 Å². The van der Waals surface area contributed by atoms with E-state index in [4.69, 9.17) is 19.9 Å². The molecule has 20 heavy (non-hydrogen) atoms. The highest BCUT2D eigenvalue weighted by Gasteiger charge is 2.15. The number of nitrogens with zero attached hydrogens (tertiary/aromatic N) is 3. The van der Waals surface area contributed by atoms with Gasteiger partial charge in [0, 0.05) is 18.5 Å². The third kappa shape index (κ3) is 1.68. The molecule has 100 valence electrons. The Kier molecular flexibility index (Phi) is 2.19. The number of rotatable bonds is 2. The number of nitrogens with two attached hydrogens (primary N) is 1. The van der Waals surface area contributed by atoms with E-state index in [9.17, 15) is 0 Å². The molecular formula is C13H10N4O3. The Labute approximate surface area is 113 Å². The van der Waals surface area contributed by atoms with E-state index in [2.05, 4.69) is 9.97 Å². The monoisotopic (exact) mass is 270 g/mol. The van der Waals surface area contributed by atoms with E-state index in [0.29, 0.717) is 34.6 Å². The van der Waals surface area contributed by atoms with Crippen molar-refractivity contribution >= 4 is 11.5 Å².